The fraction of sp³-hybridized carbons (Fsp3) is 1.00. The van der Waals surface area contributed by atoms with Gasteiger partial charge in [-0.3, -0.25) is 0 Å². The number of hydrogen-bond acceptors (Lipinski definition) is 4. The van der Waals surface area contributed by atoms with E-state index in [2.05, 4.69) is 5.32 Å². The second kappa shape index (κ2) is 4.63. The van der Waals surface area contributed by atoms with Gasteiger partial charge in [-0.15, -0.1) is 0 Å². The monoisotopic (exact) mass is 246 g/mol. The average molecular weight is 246 g/mol. The van der Waals surface area contributed by atoms with Crippen molar-refractivity contribution in [2.45, 2.75) is 37.6 Å². The minimum atomic E-state index is -2.79. The summed E-state index contributed by atoms with van der Waals surface area (Å²) < 4.78 is 22.8. The molecule has 0 bridgehead atoms. The van der Waals surface area contributed by atoms with Gasteiger partial charge in [0.1, 0.15) is 9.84 Å². The summed E-state index contributed by atoms with van der Waals surface area (Å²) in [7, 11) is -2.79. The molecule has 2 rings (SSSR count). The SMILES string of the molecule is NCC1(NCCC2CC2)CCS(=O)(=O)CC1. The van der Waals surface area contributed by atoms with E-state index in [1.165, 1.54) is 19.3 Å². The van der Waals surface area contributed by atoms with Crippen LogP contribution in [0.4, 0.5) is 0 Å². The highest BCUT2D eigenvalue weighted by molar-refractivity contribution is 7.91. The molecule has 0 atom stereocenters. The normalized spacial score (nSPS) is 27.8. The highest BCUT2D eigenvalue weighted by Crippen LogP contribution is 2.32. The van der Waals surface area contributed by atoms with Gasteiger partial charge in [0.15, 0.2) is 0 Å². The topological polar surface area (TPSA) is 72.2 Å². The van der Waals surface area contributed by atoms with Crippen LogP contribution in [0.1, 0.15) is 32.1 Å². The summed E-state index contributed by atoms with van der Waals surface area (Å²) in [6, 6.07) is 0. The Hall–Kier alpha value is -0.130. The van der Waals surface area contributed by atoms with E-state index < -0.39 is 9.84 Å². The number of hydrogen-bond donors (Lipinski definition) is 2. The number of sulfone groups is 1. The van der Waals surface area contributed by atoms with Crippen LogP contribution in [-0.2, 0) is 9.84 Å². The Balaban J connectivity index is 1.82. The van der Waals surface area contributed by atoms with Gasteiger partial charge in [0.2, 0.25) is 0 Å². The zero-order valence-corrected chi connectivity index (χ0v) is 10.6. The van der Waals surface area contributed by atoms with Gasteiger partial charge in [-0.05, 0) is 31.7 Å². The van der Waals surface area contributed by atoms with Gasteiger partial charge in [0.25, 0.3) is 0 Å². The minimum Gasteiger partial charge on any atom is -0.329 e. The van der Waals surface area contributed by atoms with Crippen LogP contribution >= 0.6 is 0 Å². The standard InChI is InChI=1S/C11H22N2O2S/c12-9-11(13-6-3-10-1-2-10)4-7-16(14,15)8-5-11/h10,13H,1-9,12H2. The van der Waals surface area contributed by atoms with E-state index in [1.54, 1.807) is 0 Å². The smallest absolute Gasteiger partial charge is 0.150 e. The van der Waals surface area contributed by atoms with Gasteiger partial charge >= 0.3 is 0 Å². The molecule has 5 heteroatoms. The van der Waals surface area contributed by atoms with Crippen LogP contribution in [0.2, 0.25) is 0 Å². The second-order valence-corrected chi connectivity index (χ2v) is 7.60. The number of nitrogens with one attached hydrogen (secondary N) is 1. The lowest BCUT2D eigenvalue weighted by molar-refractivity contribution is 0.299. The predicted octanol–water partition coefficient (Wildman–Crippen LogP) is 0.282. The fourth-order valence-corrected chi connectivity index (χ4v) is 3.94. The number of rotatable bonds is 5. The quantitative estimate of drug-likeness (QED) is 0.731. The Bertz CT molecular complexity index is 322. The maximum absolute atomic E-state index is 11.4. The first-order valence-corrected chi connectivity index (χ1v) is 8.03. The van der Waals surface area contributed by atoms with Crippen LogP contribution in [0.15, 0.2) is 0 Å². The number of nitrogens with two attached hydrogens (primary N) is 1. The third kappa shape index (κ3) is 3.18. The lowest BCUT2D eigenvalue weighted by atomic mass is 9.92. The van der Waals surface area contributed by atoms with Crippen molar-refractivity contribution in [2.75, 3.05) is 24.6 Å². The van der Waals surface area contributed by atoms with Crippen LogP contribution in [-0.4, -0.2) is 38.6 Å². The Labute approximate surface area is 97.9 Å². The molecule has 1 saturated carbocycles. The molecule has 0 radical (unpaired) electrons. The van der Waals surface area contributed by atoms with Crippen LogP contribution in [0.5, 0.6) is 0 Å². The average Bonchev–Trinajstić information content (AvgIpc) is 3.05. The van der Waals surface area contributed by atoms with E-state index in [1.807, 2.05) is 0 Å². The molecule has 0 aromatic heterocycles. The van der Waals surface area contributed by atoms with E-state index >= 15 is 0 Å². The molecule has 2 aliphatic rings. The van der Waals surface area contributed by atoms with Crippen molar-refractivity contribution in [1.29, 1.82) is 0 Å². The summed E-state index contributed by atoms with van der Waals surface area (Å²) in [4.78, 5) is 0. The molecule has 0 amide bonds. The molecule has 1 heterocycles. The van der Waals surface area contributed by atoms with Crippen LogP contribution in [0.25, 0.3) is 0 Å². The van der Waals surface area contributed by atoms with E-state index in [0.29, 0.717) is 30.9 Å². The van der Waals surface area contributed by atoms with Crippen molar-refractivity contribution >= 4 is 9.84 Å². The maximum Gasteiger partial charge on any atom is 0.150 e. The molecule has 1 saturated heterocycles. The van der Waals surface area contributed by atoms with Crippen molar-refractivity contribution in [3.8, 4) is 0 Å². The second-order valence-electron chi connectivity index (χ2n) is 5.30. The Morgan fingerprint density at radius 2 is 1.88 bits per heavy atom. The first-order chi connectivity index (χ1) is 7.55. The van der Waals surface area contributed by atoms with Crippen molar-refractivity contribution in [3.63, 3.8) is 0 Å². The molecule has 0 aromatic carbocycles. The van der Waals surface area contributed by atoms with Crippen molar-refractivity contribution in [2.24, 2.45) is 11.7 Å². The van der Waals surface area contributed by atoms with E-state index in [-0.39, 0.29) is 5.54 Å². The molecule has 0 unspecified atom stereocenters. The molecule has 1 aliphatic heterocycles. The highest BCUT2D eigenvalue weighted by Gasteiger charge is 2.36. The molecular weight excluding hydrogens is 224 g/mol. The van der Waals surface area contributed by atoms with E-state index in [9.17, 15) is 8.42 Å². The molecule has 94 valence electrons. The zero-order chi connectivity index (χ0) is 11.6. The van der Waals surface area contributed by atoms with Crippen molar-refractivity contribution in [1.82, 2.24) is 5.32 Å². The van der Waals surface area contributed by atoms with Crippen molar-refractivity contribution in [3.05, 3.63) is 0 Å². The molecule has 2 fully saturated rings. The van der Waals surface area contributed by atoms with Gasteiger partial charge in [0.05, 0.1) is 11.5 Å². The highest BCUT2D eigenvalue weighted by atomic mass is 32.2. The third-order valence-corrected chi connectivity index (χ3v) is 5.58. The van der Waals surface area contributed by atoms with Gasteiger partial charge < -0.3 is 11.1 Å². The van der Waals surface area contributed by atoms with E-state index in [0.717, 1.165) is 12.5 Å². The van der Waals surface area contributed by atoms with Crippen LogP contribution in [0, 0.1) is 5.92 Å². The lowest BCUT2D eigenvalue weighted by Crippen LogP contribution is -2.56. The van der Waals surface area contributed by atoms with Crippen molar-refractivity contribution < 1.29 is 8.42 Å². The Morgan fingerprint density at radius 1 is 1.25 bits per heavy atom. The molecule has 3 N–H and O–H groups in total. The predicted molar refractivity (Wildman–Crippen MR) is 65.0 cm³/mol. The van der Waals surface area contributed by atoms with Gasteiger partial charge in [-0.2, -0.15) is 0 Å². The van der Waals surface area contributed by atoms with E-state index in [4.69, 9.17) is 5.73 Å². The first kappa shape index (κ1) is 12.3. The molecule has 0 aromatic rings. The molecule has 4 nitrogen and oxygen atoms in total. The summed E-state index contributed by atoms with van der Waals surface area (Å²) in [6.45, 7) is 1.54. The third-order valence-electron chi connectivity index (χ3n) is 3.92. The summed E-state index contributed by atoms with van der Waals surface area (Å²) in [5.41, 5.74) is 5.69. The largest absolute Gasteiger partial charge is 0.329 e. The molecule has 1 aliphatic carbocycles. The molecule has 16 heavy (non-hydrogen) atoms. The Kier molecular flexibility index (Phi) is 3.56. The molecule has 0 spiro atoms. The summed E-state index contributed by atoms with van der Waals surface area (Å²) in [6.07, 6.45) is 5.30. The van der Waals surface area contributed by atoms with Gasteiger partial charge in [0, 0.05) is 12.1 Å². The fourth-order valence-electron chi connectivity index (χ4n) is 2.33. The lowest BCUT2D eigenvalue weighted by Gasteiger charge is -2.37. The van der Waals surface area contributed by atoms with Crippen LogP contribution in [0.3, 0.4) is 0 Å². The van der Waals surface area contributed by atoms with Gasteiger partial charge in [-0.25, -0.2) is 8.42 Å². The summed E-state index contributed by atoms with van der Waals surface area (Å²) in [5.74, 6) is 1.50. The molecular formula is C11H22N2O2S. The summed E-state index contributed by atoms with van der Waals surface area (Å²) >= 11 is 0. The minimum absolute atomic E-state index is 0.111. The Morgan fingerprint density at radius 3 is 2.38 bits per heavy atom. The summed E-state index contributed by atoms with van der Waals surface area (Å²) in [5, 5.41) is 3.50. The van der Waals surface area contributed by atoms with Gasteiger partial charge in [-0.1, -0.05) is 12.8 Å². The zero-order valence-electron chi connectivity index (χ0n) is 9.74. The maximum atomic E-state index is 11.4. The first-order valence-electron chi connectivity index (χ1n) is 6.21. The van der Waals surface area contributed by atoms with Crippen LogP contribution < -0.4 is 11.1 Å².